The molecule has 0 unspecified atom stereocenters. The fourth-order valence-electron chi connectivity index (χ4n) is 6.90. The molecule has 23 nitrogen and oxygen atoms in total. The van der Waals surface area contributed by atoms with E-state index in [4.69, 9.17) is 19.8 Å². The molecule has 0 fully saturated rings. The number of nitrogens with zero attached hydrogens (tertiary/aromatic N) is 6. The Morgan fingerprint density at radius 1 is 0.506 bits per heavy atom. The maximum absolute atomic E-state index is 13.4. The summed E-state index contributed by atoms with van der Waals surface area (Å²) in [6.07, 6.45) is -2.02. The van der Waals surface area contributed by atoms with Gasteiger partial charge in [0.1, 0.15) is 28.7 Å². The van der Waals surface area contributed by atoms with Crippen LogP contribution in [0.3, 0.4) is 0 Å². The Bertz CT molecular complexity index is 2960. The predicted molar refractivity (Wildman–Crippen MR) is 270 cm³/mol. The van der Waals surface area contributed by atoms with Gasteiger partial charge in [-0.1, -0.05) is 0 Å². The molecule has 0 saturated carbocycles. The summed E-state index contributed by atoms with van der Waals surface area (Å²) in [5.74, 6) is -6.86. The van der Waals surface area contributed by atoms with Crippen LogP contribution in [-0.2, 0) is 37.8 Å². The van der Waals surface area contributed by atoms with E-state index in [0.717, 1.165) is 25.9 Å². The number of amides is 6. The van der Waals surface area contributed by atoms with Crippen molar-refractivity contribution in [1.82, 2.24) is 43.7 Å². The fourth-order valence-corrected chi connectivity index (χ4v) is 6.90. The second-order valence-corrected chi connectivity index (χ2v) is 17.6. The topological polar surface area (TPSA) is 291 Å². The molecule has 9 N–H and O–H groups in total. The lowest BCUT2D eigenvalue weighted by molar-refractivity contribution is -0.193. The Morgan fingerprint density at radius 3 is 1.30 bits per heavy atom. The molecular formula is C48H57F6N13O10. The molecule has 5 aromatic heterocycles. The Kier molecular flexibility index (Phi) is 20.5. The van der Waals surface area contributed by atoms with Crippen molar-refractivity contribution in [2.75, 3.05) is 75.6 Å². The van der Waals surface area contributed by atoms with Crippen LogP contribution < -0.4 is 31.9 Å². The lowest BCUT2D eigenvalue weighted by atomic mass is 10.1. The first-order chi connectivity index (χ1) is 35.8. The number of hydrogen-bond acceptors (Lipinski definition) is 10. The number of aromatic nitrogens is 5. The first-order valence-corrected chi connectivity index (χ1v) is 22.8. The Labute approximate surface area is 435 Å². The predicted octanol–water partition coefficient (Wildman–Crippen LogP) is 5.16. The van der Waals surface area contributed by atoms with Crippen LogP contribution in [0.1, 0.15) is 75.4 Å². The molecule has 6 amide bonds. The molecule has 5 heterocycles. The van der Waals surface area contributed by atoms with Gasteiger partial charge in [-0.2, -0.15) is 26.3 Å². The van der Waals surface area contributed by atoms with Crippen molar-refractivity contribution in [3.05, 3.63) is 107 Å². The largest absolute Gasteiger partial charge is 0.490 e. The van der Waals surface area contributed by atoms with Crippen LogP contribution in [0.15, 0.2) is 73.3 Å². The van der Waals surface area contributed by atoms with Gasteiger partial charge in [0, 0.05) is 82.5 Å². The number of anilines is 4. The molecule has 0 saturated heterocycles. The number of alkyl halides is 6. The maximum Gasteiger partial charge on any atom is 0.490 e. The number of hydrogen-bond donors (Lipinski definition) is 9. The second kappa shape index (κ2) is 26.1. The van der Waals surface area contributed by atoms with Gasteiger partial charge in [-0.05, 0) is 103 Å². The van der Waals surface area contributed by atoms with E-state index in [9.17, 15) is 55.1 Å². The molecule has 0 radical (unpaired) electrons. The number of H-pyrrole nitrogens is 1. The van der Waals surface area contributed by atoms with Gasteiger partial charge in [0.15, 0.2) is 0 Å². The highest BCUT2D eigenvalue weighted by atomic mass is 19.4. The van der Waals surface area contributed by atoms with Crippen LogP contribution in [0.25, 0.3) is 10.9 Å². The Balaban J connectivity index is 0.000000805. The number of carboxylic acids is 2. The van der Waals surface area contributed by atoms with E-state index < -0.39 is 47.9 Å². The minimum absolute atomic E-state index is 0.231. The number of aliphatic carboxylic acids is 2. The zero-order valence-corrected chi connectivity index (χ0v) is 42.8. The van der Waals surface area contributed by atoms with E-state index in [0.29, 0.717) is 63.7 Å². The number of aryl methyl sites for hydroxylation is 4. The van der Waals surface area contributed by atoms with Crippen molar-refractivity contribution in [2.45, 2.75) is 25.2 Å². The molecule has 77 heavy (non-hydrogen) atoms. The highest BCUT2D eigenvalue weighted by Crippen LogP contribution is 2.23. The van der Waals surface area contributed by atoms with Gasteiger partial charge in [-0.25, -0.2) is 9.59 Å². The number of carbonyl (C=O) groups is 8. The van der Waals surface area contributed by atoms with Gasteiger partial charge >= 0.3 is 24.3 Å². The Morgan fingerprint density at radius 2 is 0.909 bits per heavy atom. The van der Waals surface area contributed by atoms with Crippen molar-refractivity contribution >= 4 is 81.3 Å². The number of nitrogens with one attached hydrogen (secondary N) is 7. The zero-order chi connectivity index (χ0) is 57.7. The number of benzene rings is 1. The molecule has 0 aliphatic heterocycles. The van der Waals surface area contributed by atoms with Crippen LogP contribution in [0, 0.1) is 0 Å². The molecule has 416 valence electrons. The van der Waals surface area contributed by atoms with E-state index >= 15 is 0 Å². The molecule has 0 atom stereocenters. The number of aromatic amines is 1. The van der Waals surface area contributed by atoms with Gasteiger partial charge in [0.2, 0.25) is 0 Å². The minimum Gasteiger partial charge on any atom is -0.475 e. The molecular weight excluding hydrogens is 1030 g/mol. The van der Waals surface area contributed by atoms with Crippen LogP contribution in [0.5, 0.6) is 0 Å². The molecule has 0 aliphatic carbocycles. The number of carbonyl (C=O) groups excluding carboxylic acids is 6. The van der Waals surface area contributed by atoms with Gasteiger partial charge in [-0.3, -0.25) is 28.8 Å². The van der Waals surface area contributed by atoms with Gasteiger partial charge in [-0.15, -0.1) is 0 Å². The second-order valence-electron chi connectivity index (χ2n) is 17.6. The van der Waals surface area contributed by atoms with Crippen molar-refractivity contribution in [3.8, 4) is 0 Å². The summed E-state index contributed by atoms with van der Waals surface area (Å²) in [4.78, 5) is 104. The molecule has 29 heteroatoms. The highest BCUT2D eigenvalue weighted by Gasteiger charge is 2.39. The normalized spacial score (nSPS) is 11.3. The van der Waals surface area contributed by atoms with Crippen molar-refractivity contribution in [3.63, 3.8) is 0 Å². The van der Waals surface area contributed by atoms with Crippen molar-refractivity contribution in [2.24, 2.45) is 28.2 Å². The average Bonchev–Trinajstić information content (AvgIpc) is 4.17. The number of halogens is 6. The van der Waals surface area contributed by atoms with Gasteiger partial charge < -0.3 is 75.2 Å². The summed E-state index contributed by atoms with van der Waals surface area (Å²) in [5.41, 5.74) is 3.36. The van der Waals surface area contributed by atoms with Crippen molar-refractivity contribution < 1.29 is 74.9 Å². The fraction of sp³-hybridized carbons (Fsp3) is 0.333. The first kappa shape index (κ1) is 60.7. The minimum atomic E-state index is -5.08. The quantitative estimate of drug-likeness (QED) is 0.0399. The summed E-state index contributed by atoms with van der Waals surface area (Å²) < 4.78 is 70.0. The van der Waals surface area contributed by atoms with Gasteiger partial charge in [0.25, 0.3) is 35.4 Å². The lowest BCUT2D eigenvalue weighted by Crippen LogP contribution is -2.26. The van der Waals surface area contributed by atoms with Crippen molar-refractivity contribution in [1.29, 1.82) is 0 Å². The summed E-state index contributed by atoms with van der Waals surface area (Å²) in [6.45, 7) is 2.76. The van der Waals surface area contributed by atoms with E-state index in [2.05, 4.69) is 36.9 Å². The lowest BCUT2D eigenvalue weighted by Gasteiger charge is -2.09. The van der Waals surface area contributed by atoms with Gasteiger partial charge in [0.05, 0.1) is 22.5 Å². The molecule has 0 aliphatic rings. The SMILES string of the molecule is CN(C)CCCNC(=O)c1cc(NC(=O)c2cc(NC(=O)c3ccc4[nH]c(C(=O)Nc5cc(C(=O)Nc6cc(C(=O)NCCCN(C)C)cn6C)n(C)c5)cc4c3)cn2C)n(C)c1.O=C(O)C(F)(F)F.O=C(O)C(F)(F)F. The van der Waals surface area contributed by atoms with Crippen LogP contribution >= 0.6 is 0 Å². The molecule has 6 rings (SSSR count). The first-order valence-electron chi connectivity index (χ1n) is 22.8. The number of carboxylic acid groups (broad SMARTS) is 2. The smallest absolute Gasteiger partial charge is 0.475 e. The summed E-state index contributed by atoms with van der Waals surface area (Å²) in [7, 11) is 14.7. The maximum atomic E-state index is 13.4. The molecule has 0 bridgehead atoms. The number of rotatable bonds is 18. The molecule has 6 aromatic rings. The average molecular weight is 1090 g/mol. The van der Waals surface area contributed by atoms with Crippen LogP contribution in [0.2, 0.25) is 0 Å². The van der Waals surface area contributed by atoms with E-state index in [1.165, 1.54) is 0 Å². The van der Waals surface area contributed by atoms with E-state index in [1.54, 1.807) is 120 Å². The summed E-state index contributed by atoms with van der Waals surface area (Å²) in [6, 6.07) is 12.9. The molecule has 0 spiro atoms. The highest BCUT2D eigenvalue weighted by molar-refractivity contribution is 6.11. The van der Waals surface area contributed by atoms with Crippen LogP contribution in [0.4, 0.5) is 49.4 Å². The van der Waals surface area contributed by atoms with E-state index in [1.807, 2.05) is 38.0 Å². The monoisotopic (exact) mass is 1090 g/mol. The summed E-state index contributed by atoms with van der Waals surface area (Å²) >= 11 is 0. The van der Waals surface area contributed by atoms with E-state index in [-0.39, 0.29) is 28.9 Å². The Hall–Kier alpha value is -8.86. The molecule has 1 aromatic carbocycles. The standard InChI is InChI=1S/C44H55N13O6.2C2HF3O2/c1-52(2)15-9-13-45-39(58)29-19-37(56(7)23-29)50-43(62)35-21-31(25-54(35)5)47-41(60)27-11-12-33-28(17-27)18-34(49-33)42(61)48-32-22-36(55(6)26-32)44(63)51-38-20-30(24-57(38)8)40(59)46-14-10-16-53(3)4;2*3-2(4,5)1(6)7/h11-12,17-26,49H,9-10,13-16H2,1-8H3,(H,45,58)(H,46,59)(H,47,60)(H,48,61)(H,50,62)(H,51,63);2*(H,6,7). The number of fused-ring (bicyclic) bond motifs is 1. The third kappa shape index (κ3) is 17.9. The third-order valence-corrected chi connectivity index (χ3v) is 10.8. The zero-order valence-electron chi connectivity index (χ0n) is 42.8. The van der Waals surface area contributed by atoms with Crippen LogP contribution in [-0.4, -0.2) is 157 Å². The third-order valence-electron chi connectivity index (χ3n) is 10.8. The summed E-state index contributed by atoms with van der Waals surface area (Å²) in [5, 5.41) is 32.0.